The predicted molar refractivity (Wildman–Crippen MR) is 94.9 cm³/mol. The summed E-state index contributed by atoms with van der Waals surface area (Å²) < 4.78 is 32.0. The molecule has 4 heteroatoms. The Kier molecular flexibility index (Phi) is 5.39. The first-order chi connectivity index (χ1) is 11.7. The number of para-hydroxylation sites is 2. The number of benzene rings is 3. The molecule has 122 valence electrons. The molecule has 0 N–H and O–H groups in total. The summed E-state index contributed by atoms with van der Waals surface area (Å²) in [5.74, 6) is 1.58. The Morgan fingerprint density at radius 3 is 2.08 bits per heavy atom. The smallest absolute Gasteiger partial charge is 0.131 e. The summed E-state index contributed by atoms with van der Waals surface area (Å²) in [6.07, 6.45) is 0. The summed E-state index contributed by atoms with van der Waals surface area (Å²) in [6.45, 7) is 0. The first-order valence-electron chi connectivity index (χ1n) is 7.61. The fraction of sp³-hybridized carbons (Fsp3) is 0.100. The van der Waals surface area contributed by atoms with E-state index in [1.165, 1.54) is 6.07 Å². The molecule has 3 aromatic rings. The van der Waals surface area contributed by atoms with Gasteiger partial charge in [-0.2, -0.15) is 0 Å². The van der Waals surface area contributed by atoms with E-state index in [1.54, 1.807) is 18.2 Å². The van der Waals surface area contributed by atoms with Crippen molar-refractivity contribution in [2.45, 2.75) is 11.5 Å². The van der Waals surface area contributed by atoms with Gasteiger partial charge in [-0.05, 0) is 24.3 Å². The van der Waals surface area contributed by atoms with Crippen LogP contribution in [0.4, 0.5) is 4.39 Å². The number of hydrogen-bond acceptors (Lipinski definition) is 2. The Labute approximate surface area is 143 Å². The maximum atomic E-state index is 13.7. The maximum absolute atomic E-state index is 13.7. The zero-order chi connectivity index (χ0) is 16.8. The standard InChI is InChI=1S/C20H17FO2S/c21-19-12-6-4-8-16(19)14-24(22)15-17-9-5-7-13-20(17)23-18-10-2-1-3-11-18/h1-13H,14-15H2. The van der Waals surface area contributed by atoms with Gasteiger partial charge in [0.05, 0.1) is 11.5 Å². The summed E-state index contributed by atoms with van der Waals surface area (Å²) in [5, 5.41) is 0. The van der Waals surface area contributed by atoms with Crippen molar-refractivity contribution in [3.63, 3.8) is 0 Å². The normalized spacial score (nSPS) is 11.9. The van der Waals surface area contributed by atoms with Crippen molar-refractivity contribution in [1.29, 1.82) is 0 Å². The van der Waals surface area contributed by atoms with Gasteiger partial charge in [0.25, 0.3) is 0 Å². The van der Waals surface area contributed by atoms with Gasteiger partial charge in [0.1, 0.15) is 17.3 Å². The fourth-order valence-electron chi connectivity index (χ4n) is 2.35. The van der Waals surface area contributed by atoms with Crippen LogP contribution in [0.2, 0.25) is 0 Å². The molecule has 2 nitrogen and oxygen atoms in total. The highest BCUT2D eigenvalue weighted by Crippen LogP contribution is 2.26. The molecule has 1 unspecified atom stereocenters. The van der Waals surface area contributed by atoms with Crippen molar-refractivity contribution in [2.24, 2.45) is 0 Å². The predicted octanol–water partition coefficient (Wildman–Crippen LogP) is 5.07. The van der Waals surface area contributed by atoms with Gasteiger partial charge in [-0.1, -0.05) is 54.6 Å². The van der Waals surface area contributed by atoms with Crippen LogP contribution in [0.5, 0.6) is 11.5 Å². The molecule has 0 aliphatic carbocycles. The van der Waals surface area contributed by atoms with Gasteiger partial charge in [-0.15, -0.1) is 0 Å². The van der Waals surface area contributed by atoms with E-state index in [0.717, 1.165) is 11.3 Å². The molecular formula is C20H17FO2S. The molecule has 1 atom stereocenters. The van der Waals surface area contributed by atoms with Crippen molar-refractivity contribution < 1.29 is 13.3 Å². The quantitative estimate of drug-likeness (QED) is 0.626. The summed E-state index contributed by atoms with van der Waals surface area (Å²) in [6, 6.07) is 23.4. The van der Waals surface area contributed by atoms with E-state index >= 15 is 0 Å². The molecule has 0 aliphatic heterocycles. The number of hydrogen-bond donors (Lipinski definition) is 0. The molecule has 3 aromatic carbocycles. The lowest BCUT2D eigenvalue weighted by Gasteiger charge is -2.11. The average Bonchev–Trinajstić information content (AvgIpc) is 2.60. The lowest BCUT2D eigenvalue weighted by molar-refractivity contribution is 0.478. The van der Waals surface area contributed by atoms with E-state index in [2.05, 4.69) is 0 Å². The average molecular weight is 340 g/mol. The van der Waals surface area contributed by atoms with Crippen LogP contribution in [0.3, 0.4) is 0 Å². The molecule has 0 saturated heterocycles. The van der Waals surface area contributed by atoms with Crippen LogP contribution < -0.4 is 4.74 Å². The van der Waals surface area contributed by atoms with Crippen LogP contribution in [0, 0.1) is 5.82 Å². The third-order valence-corrected chi connectivity index (χ3v) is 4.80. The summed E-state index contributed by atoms with van der Waals surface area (Å²) in [7, 11) is -1.22. The Balaban J connectivity index is 1.73. The Morgan fingerprint density at radius 2 is 1.33 bits per heavy atom. The van der Waals surface area contributed by atoms with Gasteiger partial charge in [0, 0.05) is 21.9 Å². The van der Waals surface area contributed by atoms with Gasteiger partial charge in [0.15, 0.2) is 0 Å². The fourth-order valence-corrected chi connectivity index (χ4v) is 3.62. The monoisotopic (exact) mass is 340 g/mol. The third kappa shape index (κ3) is 4.30. The minimum atomic E-state index is -1.22. The first-order valence-corrected chi connectivity index (χ1v) is 9.10. The lowest BCUT2D eigenvalue weighted by atomic mass is 10.2. The molecule has 3 rings (SSSR count). The molecular weight excluding hydrogens is 323 g/mol. The second kappa shape index (κ2) is 7.88. The largest absolute Gasteiger partial charge is 0.457 e. The molecule has 0 radical (unpaired) electrons. The highest BCUT2D eigenvalue weighted by molar-refractivity contribution is 7.83. The number of halogens is 1. The van der Waals surface area contributed by atoms with Gasteiger partial charge >= 0.3 is 0 Å². The Bertz CT molecular complexity index is 834. The molecule has 0 spiro atoms. The molecule has 0 heterocycles. The highest BCUT2D eigenvalue weighted by Gasteiger charge is 2.11. The van der Waals surface area contributed by atoms with Crippen molar-refractivity contribution in [2.75, 3.05) is 0 Å². The molecule has 0 aromatic heterocycles. The number of rotatable bonds is 6. The van der Waals surface area contributed by atoms with Crippen molar-refractivity contribution in [1.82, 2.24) is 0 Å². The third-order valence-electron chi connectivity index (χ3n) is 3.53. The zero-order valence-electron chi connectivity index (χ0n) is 13.0. The van der Waals surface area contributed by atoms with Crippen LogP contribution in [0.25, 0.3) is 0 Å². The number of ether oxygens (including phenoxy) is 1. The minimum absolute atomic E-state index is 0.187. The van der Waals surface area contributed by atoms with Crippen molar-refractivity contribution in [3.05, 3.63) is 95.8 Å². The van der Waals surface area contributed by atoms with Gasteiger partial charge in [-0.3, -0.25) is 4.21 Å². The lowest BCUT2D eigenvalue weighted by Crippen LogP contribution is -2.02. The topological polar surface area (TPSA) is 26.3 Å². The minimum Gasteiger partial charge on any atom is -0.457 e. The molecule has 0 bridgehead atoms. The molecule has 0 aliphatic rings. The van der Waals surface area contributed by atoms with E-state index in [1.807, 2.05) is 54.6 Å². The molecule has 24 heavy (non-hydrogen) atoms. The summed E-state index contributed by atoms with van der Waals surface area (Å²) >= 11 is 0. The van der Waals surface area contributed by atoms with Crippen LogP contribution >= 0.6 is 0 Å². The van der Waals surface area contributed by atoms with Crippen LogP contribution in [-0.2, 0) is 22.3 Å². The van der Waals surface area contributed by atoms with Crippen LogP contribution in [-0.4, -0.2) is 4.21 Å². The summed E-state index contributed by atoms with van der Waals surface area (Å²) in [4.78, 5) is 0. The van der Waals surface area contributed by atoms with E-state index in [-0.39, 0.29) is 11.6 Å². The Hall–Kier alpha value is -2.46. The summed E-state index contributed by atoms with van der Waals surface area (Å²) in [5.41, 5.74) is 1.31. The Morgan fingerprint density at radius 1 is 0.750 bits per heavy atom. The van der Waals surface area contributed by atoms with Crippen molar-refractivity contribution in [3.8, 4) is 11.5 Å². The van der Waals surface area contributed by atoms with Crippen LogP contribution in [0.15, 0.2) is 78.9 Å². The second-order valence-electron chi connectivity index (χ2n) is 5.34. The zero-order valence-corrected chi connectivity index (χ0v) is 13.8. The van der Waals surface area contributed by atoms with Gasteiger partial charge in [-0.25, -0.2) is 4.39 Å². The van der Waals surface area contributed by atoms with Gasteiger partial charge in [0.2, 0.25) is 0 Å². The van der Waals surface area contributed by atoms with Crippen LogP contribution in [0.1, 0.15) is 11.1 Å². The van der Waals surface area contributed by atoms with E-state index in [9.17, 15) is 8.60 Å². The van der Waals surface area contributed by atoms with Crippen molar-refractivity contribution >= 4 is 10.8 Å². The SMILES string of the molecule is O=S(Cc1ccccc1F)Cc1ccccc1Oc1ccccc1. The van der Waals surface area contributed by atoms with E-state index < -0.39 is 10.8 Å². The second-order valence-corrected chi connectivity index (χ2v) is 6.80. The first kappa shape index (κ1) is 16.4. The molecule has 0 saturated carbocycles. The maximum Gasteiger partial charge on any atom is 0.131 e. The highest BCUT2D eigenvalue weighted by atomic mass is 32.2. The van der Waals surface area contributed by atoms with E-state index in [4.69, 9.17) is 4.74 Å². The van der Waals surface area contributed by atoms with E-state index in [0.29, 0.717) is 17.1 Å². The van der Waals surface area contributed by atoms with Gasteiger partial charge < -0.3 is 4.74 Å². The molecule has 0 amide bonds. The molecule has 0 fully saturated rings.